The van der Waals surface area contributed by atoms with E-state index in [9.17, 15) is 10.1 Å². The van der Waals surface area contributed by atoms with Crippen LogP contribution in [0.25, 0.3) is 0 Å². The fourth-order valence-electron chi connectivity index (χ4n) is 2.75. The summed E-state index contributed by atoms with van der Waals surface area (Å²) in [5, 5.41) is 14.3. The summed E-state index contributed by atoms with van der Waals surface area (Å²) in [5.74, 6) is 0.699. The Kier molecular flexibility index (Phi) is 5.09. The predicted molar refractivity (Wildman–Crippen MR) is 79.6 cm³/mol. The Hall–Kier alpha value is -1.46. The van der Waals surface area contributed by atoms with E-state index in [1.165, 1.54) is 18.9 Å². The first kappa shape index (κ1) is 14.9. The second kappa shape index (κ2) is 6.81. The van der Waals surface area contributed by atoms with Gasteiger partial charge in [0.05, 0.1) is 4.92 Å². The van der Waals surface area contributed by atoms with Crippen molar-refractivity contribution in [2.24, 2.45) is 5.92 Å². The molecule has 1 atom stereocenters. The minimum Gasteiger partial charge on any atom is -0.310 e. The molecule has 20 heavy (non-hydrogen) atoms. The average molecular weight is 277 g/mol. The number of hydrogen-bond acceptors (Lipinski definition) is 4. The van der Waals surface area contributed by atoms with Crippen LogP contribution in [-0.2, 0) is 6.54 Å². The lowest BCUT2D eigenvalue weighted by Crippen LogP contribution is -2.40. The largest absolute Gasteiger partial charge is 0.310 e. The van der Waals surface area contributed by atoms with Gasteiger partial charge >= 0.3 is 0 Å². The molecule has 0 radical (unpaired) electrons. The van der Waals surface area contributed by atoms with Crippen molar-refractivity contribution in [2.45, 2.75) is 32.4 Å². The molecule has 0 bridgehead atoms. The second-order valence-corrected chi connectivity index (χ2v) is 5.74. The molecule has 0 aromatic heterocycles. The summed E-state index contributed by atoms with van der Waals surface area (Å²) < 4.78 is 0. The Labute approximate surface area is 120 Å². The number of likely N-dealkylation sites (tertiary alicyclic amines) is 1. The number of rotatable bonds is 5. The molecular formula is C15H23N3O2. The van der Waals surface area contributed by atoms with Crippen LogP contribution in [0.5, 0.6) is 0 Å². The monoisotopic (exact) mass is 277 g/mol. The van der Waals surface area contributed by atoms with Crippen molar-refractivity contribution in [2.75, 3.05) is 20.1 Å². The Balaban J connectivity index is 1.85. The molecular weight excluding hydrogens is 254 g/mol. The van der Waals surface area contributed by atoms with E-state index < -0.39 is 0 Å². The first-order chi connectivity index (χ1) is 9.56. The minimum absolute atomic E-state index is 0.163. The SMILES string of the molecule is CC(NCc1cccc([N+](=O)[O-])c1)C1CCN(C)CC1. The molecule has 1 fully saturated rings. The average Bonchev–Trinajstić information content (AvgIpc) is 2.46. The molecule has 0 saturated carbocycles. The van der Waals surface area contributed by atoms with Crippen LogP contribution in [0.2, 0.25) is 0 Å². The number of nitro benzene ring substituents is 1. The Morgan fingerprint density at radius 2 is 2.15 bits per heavy atom. The lowest BCUT2D eigenvalue weighted by molar-refractivity contribution is -0.384. The molecule has 1 N–H and O–H groups in total. The summed E-state index contributed by atoms with van der Waals surface area (Å²) in [7, 11) is 2.16. The molecule has 1 aromatic carbocycles. The van der Waals surface area contributed by atoms with Gasteiger partial charge in [0.2, 0.25) is 0 Å². The molecule has 0 spiro atoms. The molecule has 2 rings (SSSR count). The third-order valence-corrected chi connectivity index (χ3v) is 4.22. The summed E-state index contributed by atoms with van der Waals surface area (Å²) in [6, 6.07) is 7.30. The van der Waals surface area contributed by atoms with Gasteiger partial charge in [-0.25, -0.2) is 0 Å². The zero-order chi connectivity index (χ0) is 14.5. The topological polar surface area (TPSA) is 58.4 Å². The standard InChI is InChI=1S/C15H23N3O2/c1-12(14-6-8-17(2)9-7-14)16-11-13-4-3-5-15(10-13)18(19)20/h3-5,10,12,14,16H,6-9,11H2,1-2H3. The van der Waals surface area contributed by atoms with Gasteiger partial charge < -0.3 is 10.2 Å². The van der Waals surface area contributed by atoms with Crippen molar-refractivity contribution in [3.05, 3.63) is 39.9 Å². The maximum absolute atomic E-state index is 10.7. The normalized spacial score (nSPS) is 18.9. The summed E-state index contributed by atoms with van der Waals surface area (Å²) in [5.41, 5.74) is 1.13. The summed E-state index contributed by atoms with van der Waals surface area (Å²) in [6.07, 6.45) is 2.44. The van der Waals surface area contributed by atoms with Crippen molar-refractivity contribution < 1.29 is 4.92 Å². The van der Waals surface area contributed by atoms with Crippen molar-refractivity contribution in [3.63, 3.8) is 0 Å². The first-order valence-corrected chi connectivity index (χ1v) is 7.21. The van der Waals surface area contributed by atoms with Gasteiger partial charge in [0.1, 0.15) is 0 Å². The predicted octanol–water partition coefficient (Wildman–Crippen LogP) is 2.41. The van der Waals surface area contributed by atoms with Crippen LogP contribution in [0.4, 0.5) is 5.69 Å². The van der Waals surface area contributed by atoms with E-state index in [1.807, 2.05) is 6.07 Å². The summed E-state index contributed by atoms with van der Waals surface area (Å²) >= 11 is 0. The van der Waals surface area contributed by atoms with Gasteiger partial charge in [0.25, 0.3) is 5.69 Å². The van der Waals surface area contributed by atoms with E-state index in [2.05, 4.69) is 24.2 Å². The first-order valence-electron chi connectivity index (χ1n) is 7.21. The highest BCUT2D eigenvalue weighted by molar-refractivity contribution is 5.34. The number of nitrogens with zero attached hydrogens (tertiary/aromatic N) is 2. The fourth-order valence-corrected chi connectivity index (χ4v) is 2.75. The molecule has 1 aliphatic heterocycles. The number of nitrogens with one attached hydrogen (secondary N) is 1. The second-order valence-electron chi connectivity index (χ2n) is 5.74. The van der Waals surface area contributed by atoms with E-state index in [0.29, 0.717) is 18.5 Å². The van der Waals surface area contributed by atoms with Gasteiger partial charge in [0.15, 0.2) is 0 Å². The third-order valence-electron chi connectivity index (χ3n) is 4.22. The molecule has 5 heteroatoms. The molecule has 5 nitrogen and oxygen atoms in total. The Morgan fingerprint density at radius 3 is 2.80 bits per heavy atom. The number of piperidine rings is 1. The van der Waals surface area contributed by atoms with E-state index in [4.69, 9.17) is 0 Å². The van der Waals surface area contributed by atoms with Crippen molar-refractivity contribution in [1.82, 2.24) is 10.2 Å². The fraction of sp³-hybridized carbons (Fsp3) is 0.600. The van der Waals surface area contributed by atoms with E-state index in [1.54, 1.807) is 12.1 Å². The van der Waals surface area contributed by atoms with Crippen LogP contribution in [0.15, 0.2) is 24.3 Å². The van der Waals surface area contributed by atoms with Crippen LogP contribution >= 0.6 is 0 Å². The van der Waals surface area contributed by atoms with Crippen molar-refractivity contribution in [1.29, 1.82) is 0 Å². The zero-order valence-corrected chi connectivity index (χ0v) is 12.2. The van der Waals surface area contributed by atoms with Gasteiger partial charge in [-0.05, 0) is 51.4 Å². The number of hydrogen-bond donors (Lipinski definition) is 1. The number of benzene rings is 1. The van der Waals surface area contributed by atoms with Crippen LogP contribution in [-0.4, -0.2) is 36.0 Å². The lowest BCUT2D eigenvalue weighted by Gasteiger charge is -2.33. The van der Waals surface area contributed by atoms with Crippen LogP contribution < -0.4 is 5.32 Å². The Morgan fingerprint density at radius 1 is 1.45 bits per heavy atom. The van der Waals surface area contributed by atoms with Crippen molar-refractivity contribution >= 4 is 5.69 Å². The molecule has 1 aliphatic rings. The van der Waals surface area contributed by atoms with Gasteiger partial charge in [0, 0.05) is 24.7 Å². The van der Waals surface area contributed by atoms with Gasteiger partial charge in [-0.3, -0.25) is 10.1 Å². The quantitative estimate of drug-likeness (QED) is 0.663. The number of nitro groups is 1. The molecule has 1 heterocycles. The third kappa shape index (κ3) is 4.02. The van der Waals surface area contributed by atoms with Gasteiger partial charge in [-0.15, -0.1) is 0 Å². The minimum atomic E-state index is -0.343. The van der Waals surface area contributed by atoms with Gasteiger partial charge in [-0.1, -0.05) is 12.1 Å². The number of non-ortho nitro benzene ring substituents is 1. The summed E-state index contributed by atoms with van der Waals surface area (Å²) in [6.45, 7) is 5.23. The van der Waals surface area contributed by atoms with Crippen molar-refractivity contribution in [3.8, 4) is 0 Å². The lowest BCUT2D eigenvalue weighted by atomic mass is 9.90. The highest BCUT2D eigenvalue weighted by Gasteiger charge is 2.21. The van der Waals surface area contributed by atoms with E-state index in [0.717, 1.165) is 18.7 Å². The highest BCUT2D eigenvalue weighted by atomic mass is 16.6. The molecule has 1 saturated heterocycles. The summed E-state index contributed by atoms with van der Waals surface area (Å²) in [4.78, 5) is 12.8. The van der Waals surface area contributed by atoms with Crippen LogP contribution in [0.3, 0.4) is 0 Å². The molecule has 1 aromatic rings. The molecule has 0 amide bonds. The maximum Gasteiger partial charge on any atom is 0.269 e. The smallest absolute Gasteiger partial charge is 0.269 e. The molecule has 1 unspecified atom stereocenters. The van der Waals surface area contributed by atoms with Gasteiger partial charge in [-0.2, -0.15) is 0 Å². The molecule has 0 aliphatic carbocycles. The zero-order valence-electron chi connectivity index (χ0n) is 12.2. The molecule has 110 valence electrons. The van der Waals surface area contributed by atoms with E-state index >= 15 is 0 Å². The van der Waals surface area contributed by atoms with E-state index in [-0.39, 0.29) is 10.6 Å². The Bertz CT molecular complexity index is 456. The van der Waals surface area contributed by atoms with Crippen LogP contribution in [0, 0.1) is 16.0 Å². The van der Waals surface area contributed by atoms with Crippen LogP contribution in [0.1, 0.15) is 25.3 Å². The highest BCUT2D eigenvalue weighted by Crippen LogP contribution is 2.20. The maximum atomic E-state index is 10.7.